The van der Waals surface area contributed by atoms with E-state index < -0.39 is 0 Å². The summed E-state index contributed by atoms with van der Waals surface area (Å²) in [6.07, 6.45) is 9.62. The second-order valence-corrected chi connectivity index (χ2v) is 8.46. The standard InChI is InChI=1S/C24H30N4O2/c1-5-7-21(6-2)27-15-20(13-25-27)19-10-11-22-23(12-19)26(24(30)18-8-9-18)14-16(3)28(22)17(4)29/h5,10-13,15-16,18,21H,1,6-9,14H2,2-4H3. The van der Waals surface area contributed by atoms with Crippen LogP contribution in [0.2, 0.25) is 0 Å². The Bertz CT molecular complexity index is 975. The molecule has 1 aliphatic heterocycles. The molecule has 2 atom stereocenters. The van der Waals surface area contributed by atoms with Gasteiger partial charge in [-0.2, -0.15) is 5.10 Å². The second kappa shape index (κ2) is 8.09. The van der Waals surface area contributed by atoms with E-state index in [0.29, 0.717) is 6.54 Å². The first-order valence-electron chi connectivity index (χ1n) is 10.8. The number of amides is 2. The molecule has 0 bridgehead atoms. The minimum Gasteiger partial charge on any atom is -0.308 e. The van der Waals surface area contributed by atoms with E-state index in [4.69, 9.17) is 0 Å². The van der Waals surface area contributed by atoms with Crippen LogP contribution in [0.5, 0.6) is 0 Å². The summed E-state index contributed by atoms with van der Waals surface area (Å²) in [5.41, 5.74) is 3.64. The van der Waals surface area contributed by atoms with Gasteiger partial charge in [-0.1, -0.05) is 19.1 Å². The van der Waals surface area contributed by atoms with Crippen LogP contribution >= 0.6 is 0 Å². The predicted octanol–water partition coefficient (Wildman–Crippen LogP) is 4.58. The molecule has 1 fully saturated rings. The number of rotatable bonds is 6. The van der Waals surface area contributed by atoms with E-state index in [1.54, 1.807) is 11.8 Å². The van der Waals surface area contributed by atoms with Gasteiger partial charge < -0.3 is 9.80 Å². The van der Waals surface area contributed by atoms with Gasteiger partial charge in [0, 0.05) is 31.1 Å². The van der Waals surface area contributed by atoms with Crippen molar-refractivity contribution in [3.8, 4) is 11.1 Å². The average molecular weight is 407 g/mol. The Morgan fingerprint density at radius 1 is 1.27 bits per heavy atom. The van der Waals surface area contributed by atoms with Gasteiger partial charge in [-0.05, 0) is 50.3 Å². The molecule has 2 aliphatic rings. The lowest BCUT2D eigenvalue weighted by Gasteiger charge is -2.41. The molecule has 1 saturated carbocycles. The molecule has 1 aromatic heterocycles. The summed E-state index contributed by atoms with van der Waals surface area (Å²) in [6, 6.07) is 6.26. The predicted molar refractivity (Wildman–Crippen MR) is 120 cm³/mol. The number of nitrogens with zero attached hydrogens (tertiary/aromatic N) is 4. The molecule has 1 aromatic carbocycles. The normalized spacial score (nSPS) is 19.4. The van der Waals surface area contributed by atoms with Gasteiger partial charge in [0.1, 0.15) is 0 Å². The minimum absolute atomic E-state index is 0.00180. The molecule has 1 aliphatic carbocycles. The van der Waals surface area contributed by atoms with E-state index in [1.165, 1.54) is 0 Å². The van der Waals surface area contributed by atoms with Gasteiger partial charge in [-0.3, -0.25) is 14.3 Å². The molecular weight excluding hydrogens is 376 g/mol. The number of hydrogen-bond donors (Lipinski definition) is 0. The van der Waals surface area contributed by atoms with Gasteiger partial charge in [-0.15, -0.1) is 6.58 Å². The Morgan fingerprint density at radius 2 is 2.03 bits per heavy atom. The molecule has 0 radical (unpaired) electrons. The molecule has 0 spiro atoms. The third-order valence-corrected chi connectivity index (χ3v) is 6.16. The van der Waals surface area contributed by atoms with E-state index >= 15 is 0 Å². The molecular formula is C24H30N4O2. The van der Waals surface area contributed by atoms with Crippen LogP contribution in [0, 0.1) is 5.92 Å². The molecule has 2 aromatic rings. The summed E-state index contributed by atoms with van der Waals surface area (Å²) in [5.74, 6) is 0.304. The summed E-state index contributed by atoms with van der Waals surface area (Å²) < 4.78 is 1.99. The lowest BCUT2D eigenvalue weighted by molar-refractivity contribution is -0.120. The van der Waals surface area contributed by atoms with Crippen LogP contribution < -0.4 is 9.80 Å². The highest BCUT2D eigenvalue weighted by atomic mass is 16.2. The number of anilines is 2. The molecule has 4 rings (SSSR count). The highest BCUT2D eigenvalue weighted by Crippen LogP contribution is 2.42. The summed E-state index contributed by atoms with van der Waals surface area (Å²) in [4.78, 5) is 29.0. The number of fused-ring (bicyclic) bond motifs is 1. The molecule has 158 valence electrons. The fourth-order valence-corrected chi connectivity index (χ4v) is 4.38. The van der Waals surface area contributed by atoms with Crippen LogP contribution in [0.1, 0.15) is 52.5 Å². The number of carbonyl (C=O) groups excluding carboxylic acids is 2. The smallest absolute Gasteiger partial charge is 0.230 e. The van der Waals surface area contributed by atoms with Crippen molar-refractivity contribution < 1.29 is 9.59 Å². The van der Waals surface area contributed by atoms with Crippen molar-refractivity contribution in [2.24, 2.45) is 5.92 Å². The fraction of sp³-hybridized carbons (Fsp3) is 0.458. The van der Waals surface area contributed by atoms with Crippen molar-refractivity contribution in [3.05, 3.63) is 43.2 Å². The minimum atomic E-state index is -0.0458. The van der Waals surface area contributed by atoms with E-state index in [0.717, 1.165) is 48.2 Å². The summed E-state index contributed by atoms with van der Waals surface area (Å²) in [7, 11) is 0. The third kappa shape index (κ3) is 3.66. The Hall–Kier alpha value is -2.89. The number of carbonyl (C=O) groups is 2. The van der Waals surface area contributed by atoms with Crippen molar-refractivity contribution >= 4 is 23.2 Å². The first-order valence-corrected chi connectivity index (χ1v) is 10.8. The van der Waals surface area contributed by atoms with Crippen LogP contribution in [0.15, 0.2) is 43.2 Å². The third-order valence-electron chi connectivity index (χ3n) is 6.16. The number of hydrogen-bond acceptors (Lipinski definition) is 3. The number of benzene rings is 1. The largest absolute Gasteiger partial charge is 0.308 e. The summed E-state index contributed by atoms with van der Waals surface area (Å²) in [5, 5.41) is 4.57. The Labute approximate surface area is 178 Å². The molecule has 0 saturated heterocycles. The van der Waals surface area contributed by atoms with Gasteiger partial charge in [0.2, 0.25) is 11.8 Å². The van der Waals surface area contributed by atoms with Crippen LogP contribution in [0.3, 0.4) is 0 Å². The molecule has 0 N–H and O–H groups in total. The van der Waals surface area contributed by atoms with E-state index in [-0.39, 0.29) is 29.8 Å². The number of aromatic nitrogens is 2. The Morgan fingerprint density at radius 3 is 2.67 bits per heavy atom. The Kier molecular flexibility index (Phi) is 5.50. The molecule has 6 heteroatoms. The number of allylic oxidation sites excluding steroid dienone is 1. The Balaban J connectivity index is 1.73. The van der Waals surface area contributed by atoms with Crippen molar-refractivity contribution in [2.45, 2.75) is 58.5 Å². The van der Waals surface area contributed by atoms with Crippen molar-refractivity contribution in [2.75, 3.05) is 16.3 Å². The zero-order chi connectivity index (χ0) is 21.4. The lowest BCUT2D eigenvalue weighted by Crippen LogP contribution is -2.51. The molecule has 2 unspecified atom stereocenters. The maximum atomic E-state index is 13.0. The molecule has 6 nitrogen and oxygen atoms in total. The van der Waals surface area contributed by atoms with E-state index in [2.05, 4.69) is 24.8 Å². The lowest BCUT2D eigenvalue weighted by atomic mass is 10.0. The zero-order valence-corrected chi connectivity index (χ0v) is 18.0. The first-order chi connectivity index (χ1) is 14.4. The molecule has 2 amide bonds. The highest BCUT2D eigenvalue weighted by Gasteiger charge is 2.39. The fourth-order valence-electron chi connectivity index (χ4n) is 4.38. The van der Waals surface area contributed by atoms with Crippen LogP contribution in [-0.2, 0) is 9.59 Å². The van der Waals surface area contributed by atoms with Crippen LogP contribution in [0.25, 0.3) is 11.1 Å². The van der Waals surface area contributed by atoms with Gasteiger partial charge in [0.15, 0.2) is 0 Å². The van der Waals surface area contributed by atoms with E-state index in [1.807, 2.05) is 47.0 Å². The molecule has 2 heterocycles. The zero-order valence-electron chi connectivity index (χ0n) is 18.0. The summed E-state index contributed by atoms with van der Waals surface area (Å²) >= 11 is 0. The average Bonchev–Trinajstić information content (AvgIpc) is 3.47. The van der Waals surface area contributed by atoms with Crippen LogP contribution in [0.4, 0.5) is 11.4 Å². The van der Waals surface area contributed by atoms with Gasteiger partial charge >= 0.3 is 0 Å². The van der Waals surface area contributed by atoms with Crippen molar-refractivity contribution in [1.29, 1.82) is 0 Å². The maximum Gasteiger partial charge on any atom is 0.230 e. The highest BCUT2D eigenvalue weighted by molar-refractivity contribution is 6.06. The van der Waals surface area contributed by atoms with Crippen molar-refractivity contribution in [1.82, 2.24) is 9.78 Å². The topological polar surface area (TPSA) is 58.4 Å². The van der Waals surface area contributed by atoms with Gasteiger partial charge in [0.25, 0.3) is 0 Å². The van der Waals surface area contributed by atoms with Gasteiger partial charge in [0.05, 0.1) is 29.7 Å². The quantitative estimate of drug-likeness (QED) is 0.660. The van der Waals surface area contributed by atoms with Crippen molar-refractivity contribution in [3.63, 3.8) is 0 Å². The SMILES string of the molecule is C=CCC(CC)n1cc(-c2ccc3c(c2)N(C(=O)C2CC2)CC(C)N3C(C)=O)cn1. The first kappa shape index (κ1) is 20.4. The van der Waals surface area contributed by atoms with Crippen LogP contribution in [-0.4, -0.2) is 34.2 Å². The monoisotopic (exact) mass is 406 g/mol. The van der Waals surface area contributed by atoms with E-state index in [9.17, 15) is 9.59 Å². The van der Waals surface area contributed by atoms with Gasteiger partial charge in [-0.25, -0.2) is 0 Å². The summed E-state index contributed by atoms with van der Waals surface area (Å²) in [6.45, 7) is 10.1. The second-order valence-electron chi connectivity index (χ2n) is 8.46. The maximum absolute atomic E-state index is 13.0. The molecule has 30 heavy (non-hydrogen) atoms.